The van der Waals surface area contributed by atoms with Crippen molar-refractivity contribution in [3.05, 3.63) is 53.6 Å². The van der Waals surface area contributed by atoms with E-state index in [-0.39, 0.29) is 31.3 Å². The SMILES string of the molecule is CCOC(=O)c1ccc(OCC(=O)N[C@H](C)c2ccc3c(c2)OCO3)cc1. The molecule has 0 aromatic heterocycles. The lowest BCUT2D eigenvalue weighted by Gasteiger charge is -2.15. The zero-order chi connectivity index (χ0) is 19.2. The second-order valence-electron chi connectivity index (χ2n) is 5.94. The molecule has 1 amide bonds. The molecule has 0 bridgehead atoms. The first-order chi connectivity index (χ1) is 13.1. The Morgan fingerprint density at radius 2 is 1.85 bits per heavy atom. The number of carbonyl (C=O) groups is 2. The lowest BCUT2D eigenvalue weighted by Crippen LogP contribution is -2.31. The molecule has 0 spiro atoms. The van der Waals surface area contributed by atoms with E-state index in [0.29, 0.717) is 29.4 Å². The van der Waals surface area contributed by atoms with Crippen LogP contribution in [0.2, 0.25) is 0 Å². The molecule has 0 fully saturated rings. The van der Waals surface area contributed by atoms with Gasteiger partial charge in [0, 0.05) is 0 Å². The van der Waals surface area contributed by atoms with E-state index in [0.717, 1.165) is 5.56 Å². The van der Waals surface area contributed by atoms with Gasteiger partial charge in [0.05, 0.1) is 18.2 Å². The third-order valence-electron chi connectivity index (χ3n) is 4.01. The summed E-state index contributed by atoms with van der Waals surface area (Å²) < 4.78 is 21.0. The summed E-state index contributed by atoms with van der Waals surface area (Å²) in [6, 6.07) is 11.8. The van der Waals surface area contributed by atoms with Crippen molar-refractivity contribution in [1.29, 1.82) is 0 Å². The lowest BCUT2D eigenvalue weighted by molar-refractivity contribution is -0.123. The van der Waals surface area contributed by atoms with Gasteiger partial charge >= 0.3 is 5.97 Å². The summed E-state index contributed by atoms with van der Waals surface area (Å²) in [6.45, 7) is 4.02. The van der Waals surface area contributed by atoms with Crippen LogP contribution in [-0.2, 0) is 9.53 Å². The van der Waals surface area contributed by atoms with Crippen LogP contribution in [0.1, 0.15) is 35.8 Å². The lowest BCUT2D eigenvalue weighted by atomic mass is 10.1. The monoisotopic (exact) mass is 371 g/mol. The van der Waals surface area contributed by atoms with Gasteiger partial charge in [-0.15, -0.1) is 0 Å². The van der Waals surface area contributed by atoms with E-state index in [9.17, 15) is 9.59 Å². The minimum Gasteiger partial charge on any atom is -0.484 e. The summed E-state index contributed by atoms with van der Waals surface area (Å²) in [5, 5.41) is 2.87. The molecule has 1 aliphatic rings. The van der Waals surface area contributed by atoms with E-state index < -0.39 is 0 Å². The minimum atomic E-state index is -0.389. The molecular formula is C20H21NO6. The number of amides is 1. The Kier molecular flexibility index (Phi) is 5.80. The van der Waals surface area contributed by atoms with Crippen LogP contribution in [0.4, 0.5) is 0 Å². The van der Waals surface area contributed by atoms with Crippen LogP contribution < -0.4 is 19.5 Å². The topological polar surface area (TPSA) is 83.1 Å². The van der Waals surface area contributed by atoms with Gasteiger partial charge in [-0.1, -0.05) is 6.07 Å². The summed E-state index contributed by atoms with van der Waals surface area (Å²) >= 11 is 0. The Balaban J connectivity index is 1.50. The van der Waals surface area contributed by atoms with E-state index in [2.05, 4.69) is 5.32 Å². The average molecular weight is 371 g/mol. The molecule has 1 N–H and O–H groups in total. The highest BCUT2D eigenvalue weighted by atomic mass is 16.7. The Labute approximate surface area is 157 Å². The molecule has 0 aliphatic carbocycles. The van der Waals surface area contributed by atoms with Gasteiger partial charge in [0.1, 0.15) is 5.75 Å². The number of fused-ring (bicyclic) bond motifs is 1. The van der Waals surface area contributed by atoms with E-state index in [1.807, 2.05) is 25.1 Å². The van der Waals surface area contributed by atoms with E-state index in [4.69, 9.17) is 18.9 Å². The number of hydrogen-bond acceptors (Lipinski definition) is 6. The Hall–Kier alpha value is -3.22. The summed E-state index contributed by atoms with van der Waals surface area (Å²) in [4.78, 5) is 23.7. The summed E-state index contributed by atoms with van der Waals surface area (Å²) in [7, 11) is 0. The number of ether oxygens (including phenoxy) is 4. The molecule has 0 radical (unpaired) electrons. The molecule has 2 aromatic carbocycles. The van der Waals surface area contributed by atoms with Crippen LogP contribution in [0.3, 0.4) is 0 Å². The van der Waals surface area contributed by atoms with Gasteiger partial charge < -0.3 is 24.3 Å². The van der Waals surface area contributed by atoms with Gasteiger partial charge in [-0.3, -0.25) is 4.79 Å². The molecule has 7 nitrogen and oxygen atoms in total. The normalized spacial score (nSPS) is 13.0. The fourth-order valence-corrected chi connectivity index (χ4v) is 2.60. The molecule has 7 heteroatoms. The molecule has 142 valence electrons. The van der Waals surface area contributed by atoms with E-state index in [1.165, 1.54) is 0 Å². The average Bonchev–Trinajstić information content (AvgIpc) is 3.14. The highest BCUT2D eigenvalue weighted by molar-refractivity contribution is 5.89. The van der Waals surface area contributed by atoms with Crippen molar-refractivity contribution in [1.82, 2.24) is 5.32 Å². The van der Waals surface area contributed by atoms with Crippen molar-refractivity contribution in [2.24, 2.45) is 0 Å². The standard InChI is InChI=1S/C20H21NO6/c1-3-24-20(23)14-4-7-16(8-5-14)25-11-19(22)21-13(2)15-6-9-17-18(10-15)27-12-26-17/h4-10,13H,3,11-12H2,1-2H3,(H,21,22)/t13-/m1/s1. The molecule has 0 saturated heterocycles. The van der Waals surface area contributed by atoms with E-state index in [1.54, 1.807) is 31.2 Å². The predicted octanol–water partition coefficient (Wildman–Crippen LogP) is 2.85. The van der Waals surface area contributed by atoms with Crippen LogP contribution in [0.15, 0.2) is 42.5 Å². The maximum absolute atomic E-state index is 12.1. The Morgan fingerprint density at radius 1 is 1.11 bits per heavy atom. The molecule has 0 unspecified atom stereocenters. The maximum Gasteiger partial charge on any atom is 0.338 e. The van der Waals surface area contributed by atoms with Gasteiger partial charge in [0.15, 0.2) is 18.1 Å². The van der Waals surface area contributed by atoms with Gasteiger partial charge in [0.25, 0.3) is 5.91 Å². The third kappa shape index (κ3) is 4.69. The molecule has 1 heterocycles. The van der Waals surface area contributed by atoms with Crippen LogP contribution in [0, 0.1) is 0 Å². The first-order valence-corrected chi connectivity index (χ1v) is 8.65. The van der Waals surface area contributed by atoms with Crippen LogP contribution >= 0.6 is 0 Å². The number of esters is 1. The van der Waals surface area contributed by atoms with Crippen LogP contribution in [-0.4, -0.2) is 31.9 Å². The summed E-state index contributed by atoms with van der Waals surface area (Å²) in [5.41, 5.74) is 1.34. The van der Waals surface area contributed by atoms with E-state index >= 15 is 0 Å². The minimum absolute atomic E-state index is 0.131. The number of nitrogens with one attached hydrogen (secondary N) is 1. The molecule has 1 atom stereocenters. The van der Waals surface area contributed by atoms with Crippen LogP contribution in [0.5, 0.6) is 17.2 Å². The van der Waals surface area contributed by atoms with Crippen LogP contribution in [0.25, 0.3) is 0 Å². The molecular weight excluding hydrogens is 350 g/mol. The van der Waals surface area contributed by atoms with Gasteiger partial charge in [-0.25, -0.2) is 4.79 Å². The zero-order valence-corrected chi connectivity index (χ0v) is 15.2. The van der Waals surface area contributed by atoms with Gasteiger partial charge in [-0.2, -0.15) is 0 Å². The second kappa shape index (κ2) is 8.44. The Bertz CT molecular complexity index is 818. The highest BCUT2D eigenvalue weighted by Gasteiger charge is 2.17. The first-order valence-electron chi connectivity index (χ1n) is 8.65. The quantitative estimate of drug-likeness (QED) is 0.754. The number of rotatable bonds is 7. The predicted molar refractivity (Wildman–Crippen MR) is 97.0 cm³/mol. The Morgan fingerprint density at radius 3 is 2.59 bits per heavy atom. The van der Waals surface area contributed by atoms with Crippen molar-refractivity contribution < 1.29 is 28.5 Å². The zero-order valence-electron chi connectivity index (χ0n) is 15.2. The van der Waals surface area contributed by atoms with Crippen molar-refractivity contribution in [3.8, 4) is 17.2 Å². The first kappa shape index (κ1) is 18.6. The molecule has 1 aliphatic heterocycles. The number of benzene rings is 2. The highest BCUT2D eigenvalue weighted by Crippen LogP contribution is 2.34. The fourth-order valence-electron chi connectivity index (χ4n) is 2.60. The van der Waals surface area contributed by atoms with Crippen molar-refractivity contribution >= 4 is 11.9 Å². The third-order valence-corrected chi connectivity index (χ3v) is 4.01. The number of carbonyl (C=O) groups excluding carboxylic acids is 2. The van der Waals surface area contributed by atoms with Crippen molar-refractivity contribution in [2.45, 2.75) is 19.9 Å². The molecule has 27 heavy (non-hydrogen) atoms. The fraction of sp³-hybridized carbons (Fsp3) is 0.300. The van der Waals surface area contributed by atoms with Gasteiger partial charge in [0.2, 0.25) is 6.79 Å². The largest absolute Gasteiger partial charge is 0.484 e. The van der Waals surface area contributed by atoms with Crippen molar-refractivity contribution in [2.75, 3.05) is 20.0 Å². The molecule has 0 saturated carbocycles. The maximum atomic E-state index is 12.1. The van der Waals surface area contributed by atoms with Crippen molar-refractivity contribution in [3.63, 3.8) is 0 Å². The second-order valence-corrected chi connectivity index (χ2v) is 5.94. The molecule has 2 aromatic rings. The smallest absolute Gasteiger partial charge is 0.338 e. The molecule has 3 rings (SSSR count). The summed E-state index contributed by atoms with van der Waals surface area (Å²) in [5.74, 6) is 1.22. The number of hydrogen-bond donors (Lipinski definition) is 1. The summed E-state index contributed by atoms with van der Waals surface area (Å²) in [6.07, 6.45) is 0. The van der Waals surface area contributed by atoms with Gasteiger partial charge in [-0.05, 0) is 55.8 Å².